The van der Waals surface area contributed by atoms with Crippen molar-refractivity contribution in [1.29, 1.82) is 0 Å². The Balaban J connectivity index is 2.73. The van der Waals surface area contributed by atoms with Crippen LogP contribution in [0.4, 0.5) is 4.39 Å². The fourth-order valence-electron chi connectivity index (χ4n) is 1.19. The molecule has 0 spiro atoms. The molecule has 1 aromatic rings. The standard InChI is InChI=1S/C10H13ClFNOS/c1-7(13)5-15(14)6-8-3-2-4-9(11)10(8)12/h2-4,7H,5-6,13H2,1H3. The average molecular weight is 250 g/mol. The van der Waals surface area contributed by atoms with Crippen LogP contribution in [0.15, 0.2) is 18.2 Å². The summed E-state index contributed by atoms with van der Waals surface area (Å²) in [6.07, 6.45) is 0. The lowest BCUT2D eigenvalue weighted by Crippen LogP contribution is -2.23. The molecule has 1 aromatic carbocycles. The lowest BCUT2D eigenvalue weighted by atomic mass is 10.2. The van der Waals surface area contributed by atoms with Crippen LogP contribution in [0.2, 0.25) is 5.02 Å². The number of benzene rings is 1. The van der Waals surface area contributed by atoms with Crippen molar-refractivity contribution in [1.82, 2.24) is 0 Å². The van der Waals surface area contributed by atoms with Crippen LogP contribution in [-0.2, 0) is 16.6 Å². The van der Waals surface area contributed by atoms with Gasteiger partial charge >= 0.3 is 0 Å². The third-order valence-electron chi connectivity index (χ3n) is 1.80. The molecule has 0 saturated carbocycles. The molecule has 2 nitrogen and oxygen atoms in total. The first-order chi connectivity index (χ1) is 7.00. The third-order valence-corrected chi connectivity index (χ3v) is 3.62. The Morgan fingerprint density at radius 2 is 2.27 bits per heavy atom. The van der Waals surface area contributed by atoms with Crippen molar-refractivity contribution in [2.24, 2.45) is 5.73 Å². The Hall–Kier alpha value is -0.450. The zero-order valence-corrected chi connectivity index (χ0v) is 9.95. The molecule has 5 heteroatoms. The van der Waals surface area contributed by atoms with Crippen LogP contribution in [0.1, 0.15) is 12.5 Å². The lowest BCUT2D eigenvalue weighted by Gasteiger charge is -2.06. The SMILES string of the molecule is CC(N)CS(=O)Cc1cccc(Cl)c1F. The number of rotatable bonds is 4. The van der Waals surface area contributed by atoms with Crippen LogP contribution >= 0.6 is 11.6 Å². The molecular formula is C10H13ClFNOS. The van der Waals surface area contributed by atoms with E-state index in [0.29, 0.717) is 11.3 Å². The maximum atomic E-state index is 13.4. The Kier molecular flexibility index (Phi) is 4.70. The van der Waals surface area contributed by atoms with E-state index in [1.807, 2.05) is 0 Å². The number of hydrogen-bond acceptors (Lipinski definition) is 2. The van der Waals surface area contributed by atoms with E-state index in [0.717, 1.165) is 0 Å². The normalized spacial score (nSPS) is 14.9. The van der Waals surface area contributed by atoms with E-state index in [4.69, 9.17) is 17.3 Å². The summed E-state index contributed by atoms with van der Waals surface area (Å²) >= 11 is 5.60. The molecular weight excluding hydrogens is 237 g/mol. The average Bonchev–Trinajstić information content (AvgIpc) is 2.11. The summed E-state index contributed by atoms with van der Waals surface area (Å²) in [7, 11) is -1.14. The van der Waals surface area contributed by atoms with Crippen molar-refractivity contribution in [3.05, 3.63) is 34.6 Å². The van der Waals surface area contributed by atoms with Crippen LogP contribution in [0.25, 0.3) is 0 Å². The van der Waals surface area contributed by atoms with E-state index in [1.54, 1.807) is 19.1 Å². The molecule has 0 aliphatic carbocycles. The second-order valence-electron chi connectivity index (χ2n) is 3.44. The highest BCUT2D eigenvalue weighted by molar-refractivity contribution is 7.84. The zero-order valence-electron chi connectivity index (χ0n) is 8.37. The van der Waals surface area contributed by atoms with Crippen LogP contribution in [0, 0.1) is 5.82 Å². The highest BCUT2D eigenvalue weighted by Gasteiger charge is 2.10. The topological polar surface area (TPSA) is 43.1 Å². The second kappa shape index (κ2) is 5.58. The fourth-order valence-corrected chi connectivity index (χ4v) is 2.65. The highest BCUT2D eigenvalue weighted by Crippen LogP contribution is 2.19. The van der Waals surface area contributed by atoms with Crippen molar-refractivity contribution in [2.75, 3.05) is 5.75 Å². The summed E-state index contributed by atoms with van der Waals surface area (Å²) < 4.78 is 24.9. The molecule has 0 saturated heterocycles. The maximum absolute atomic E-state index is 13.4. The molecule has 0 aliphatic heterocycles. The molecule has 0 radical (unpaired) electrons. The van der Waals surface area contributed by atoms with E-state index >= 15 is 0 Å². The molecule has 0 amide bonds. The first-order valence-electron chi connectivity index (χ1n) is 4.54. The Morgan fingerprint density at radius 3 is 2.87 bits per heavy atom. The molecule has 15 heavy (non-hydrogen) atoms. The second-order valence-corrected chi connectivity index (χ2v) is 5.35. The van der Waals surface area contributed by atoms with Gasteiger partial charge < -0.3 is 5.73 Å². The molecule has 2 N–H and O–H groups in total. The van der Waals surface area contributed by atoms with Crippen molar-refractivity contribution in [2.45, 2.75) is 18.7 Å². The zero-order chi connectivity index (χ0) is 11.4. The van der Waals surface area contributed by atoms with E-state index in [1.165, 1.54) is 6.07 Å². The smallest absolute Gasteiger partial charge is 0.145 e. The van der Waals surface area contributed by atoms with Crippen molar-refractivity contribution in [3.63, 3.8) is 0 Å². The minimum Gasteiger partial charge on any atom is -0.327 e. The van der Waals surface area contributed by atoms with Gasteiger partial charge in [0, 0.05) is 28.2 Å². The monoisotopic (exact) mass is 249 g/mol. The highest BCUT2D eigenvalue weighted by atomic mass is 35.5. The van der Waals surface area contributed by atoms with Gasteiger partial charge in [0.2, 0.25) is 0 Å². The molecule has 0 heterocycles. The number of halogens is 2. The molecule has 0 fully saturated rings. The Morgan fingerprint density at radius 1 is 1.60 bits per heavy atom. The van der Waals surface area contributed by atoms with Crippen LogP contribution in [0.3, 0.4) is 0 Å². The van der Waals surface area contributed by atoms with Crippen LogP contribution < -0.4 is 5.73 Å². The largest absolute Gasteiger partial charge is 0.327 e. The molecule has 1 rings (SSSR count). The predicted molar refractivity (Wildman–Crippen MR) is 61.8 cm³/mol. The summed E-state index contributed by atoms with van der Waals surface area (Å²) in [5, 5.41) is 0.0605. The van der Waals surface area contributed by atoms with Gasteiger partial charge in [-0.1, -0.05) is 23.7 Å². The first-order valence-corrected chi connectivity index (χ1v) is 6.40. The molecule has 84 valence electrons. The van der Waals surface area contributed by atoms with Crippen molar-refractivity contribution >= 4 is 22.4 Å². The van der Waals surface area contributed by atoms with E-state index in [9.17, 15) is 8.60 Å². The van der Waals surface area contributed by atoms with Gasteiger partial charge in [-0.3, -0.25) is 4.21 Å². The maximum Gasteiger partial charge on any atom is 0.145 e. The third kappa shape index (κ3) is 3.89. The summed E-state index contributed by atoms with van der Waals surface area (Å²) in [5.74, 6) is 0.0390. The summed E-state index contributed by atoms with van der Waals surface area (Å²) in [5.41, 5.74) is 5.88. The summed E-state index contributed by atoms with van der Waals surface area (Å²) in [6.45, 7) is 1.77. The minimum absolute atomic E-state index is 0.0605. The summed E-state index contributed by atoms with van der Waals surface area (Å²) in [4.78, 5) is 0. The van der Waals surface area contributed by atoms with Gasteiger partial charge in [0.1, 0.15) is 5.82 Å². The number of nitrogens with two attached hydrogens (primary N) is 1. The van der Waals surface area contributed by atoms with E-state index < -0.39 is 16.6 Å². The van der Waals surface area contributed by atoms with Crippen molar-refractivity contribution in [3.8, 4) is 0 Å². The lowest BCUT2D eigenvalue weighted by molar-refractivity contribution is 0.615. The molecule has 0 aromatic heterocycles. The molecule has 0 aliphatic rings. The Bertz CT molecular complexity index is 370. The van der Waals surface area contributed by atoms with Crippen molar-refractivity contribution < 1.29 is 8.60 Å². The molecule has 0 bridgehead atoms. The first kappa shape index (κ1) is 12.6. The van der Waals surface area contributed by atoms with Gasteiger partial charge in [-0.05, 0) is 13.0 Å². The van der Waals surface area contributed by atoms with Gasteiger partial charge in [0.15, 0.2) is 0 Å². The quantitative estimate of drug-likeness (QED) is 0.888. The predicted octanol–water partition coefficient (Wildman–Crippen LogP) is 2.08. The summed E-state index contributed by atoms with van der Waals surface area (Å²) in [6, 6.07) is 4.55. The minimum atomic E-state index is -1.14. The number of hydrogen-bond donors (Lipinski definition) is 1. The molecule has 2 atom stereocenters. The van der Waals surface area contributed by atoms with Gasteiger partial charge in [-0.25, -0.2) is 4.39 Å². The van der Waals surface area contributed by atoms with E-state index in [-0.39, 0.29) is 16.8 Å². The van der Waals surface area contributed by atoms with Crippen LogP contribution in [0.5, 0.6) is 0 Å². The van der Waals surface area contributed by atoms with Crippen LogP contribution in [-0.4, -0.2) is 16.0 Å². The van der Waals surface area contributed by atoms with Gasteiger partial charge in [-0.2, -0.15) is 0 Å². The van der Waals surface area contributed by atoms with Gasteiger partial charge in [0.05, 0.1) is 10.8 Å². The van der Waals surface area contributed by atoms with E-state index in [2.05, 4.69) is 0 Å². The van der Waals surface area contributed by atoms with Gasteiger partial charge in [0.25, 0.3) is 0 Å². The Labute approximate surface area is 96.1 Å². The fraction of sp³-hybridized carbons (Fsp3) is 0.400. The molecule has 2 unspecified atom stereocenters. The van der Waals surface area contributed by atoms with Gasteiger partial charge in [-0.15, -0.1) is 0 Å².